The van der Waals surface area contributed by atoms with Gasteiger partial charge in [0.25, 0.3) is 0 Å². The van der Waals surface area contributed by atoms with Crippen molar-refractivity contribution in [2.75, 3.05) is 0 Å². The second-order valence-electron chi connectivity index (χ2n) is 7.12. The maximum Gasteiger partial charge on any atom is 0.185 e. The standard InChI is InChI=1S/C15H12O.C13H9NO/c16-15(14-9-5-2-6-10-14)12-11-13-7-3-1-4-8-13;15-13-7-3-6-12-10(13)8-9-4-1-2-5-11(9)14-12/h1-12H;1-6,8H,7H2. The fourth-order valence-electron chi connectivity index (χ4n) is 3.30. The third-order valence-electron chi connectivity index (χ3n) is 4.92. The highest BCUT2D eigenvalue weighted by Gasteiger charge is 2.14. The highest BCUT2D eigenvalue weighted by molar-refractivity contribution is 6.06. The van der Waals surface area contributed by atoms with Gasteiger partial charge in [0.15, 0.2) is 11.6 Å². The number of hydrogen-bond acceptors (Lipinski definition) is 3. The van der Waals surface area contributed by atoms with Crippen molar-refractivity contribution < 1.29 is 9.59 Å². The van der Waals surface area contributed by atoms with Gasteiger partial charge >= 0.3 is 0 Å². The summed E-state index contributed by atoms with van der Waals surface area (Å²) in [5.74, 6) is 0.190. The first kappa shape index (κ1) is 20.2. The van der Waals surface area contributed by atoms with E-state index in [1.807, 2.05) is 109 Å². The third kappa shape index (κ3) is 5.09. The van der Waals surface area contributed by atoms with Gasteiger partial charge in [-0.3, -0.25) is 9.59 Å². The van der Waals surface area contributed by atoms with Crippen LogP contribution in [0.25, 0.3) is 23.1 Å². The van der Waals surface area contributed by atoms with Crippen LogP contribution in [0.1, 0.15) is 38.4 Å². The van der Waals surface area contributed by atoms with E-state index in [1.165, 1.54) is 0 Å². The number of fused-ring (bicyclic) bond motifs is 2. The molecule has 0 amide bonds. The Bertz CT molecular complexity index is 1270. The van der Waals surface area contributed by atoms with Crippen molar-refractivity contribution in [2.45, 2.75) is 6.42 Å². The lowest BCUT2D eigenvalue weighted by Crippen LogP contribution is -2.06. The van der Waals surface area contributed by atoms with Crippen molar-refractivity contribution in [3.63, 3.8) is 0 Å². The molecule has 3 aromatic carbocycles. The zero-order chi connectivity index (χ0) is 21.5. The number of carbonyl (C=O) groups is 2. The molecule has 0 saturated heterocycles. The maximum absolute atomic E-state index is 11.7. The summed E-state index contributed by atoms with van der Waals surface area (Å²) in [5, 5.41) is 1.03. The van der Waals surface area contributed by atoms with Crippen molar-refractivity contribution >= 4 is 34.6 Å². The van der Waals surface area contributed by atoms with E-state index in [-0.39, 0.29) is 11.6 Å². The molecule has 0 spiro atoms. The summed E-state index contributed by atoms with van der Waals surface area (Å²) in [6, 6.07) is 28.8. The largest absolute Gasteiger partial charge is 0.294 e. The molecule has 0 bridgehead atoms. The van der Waals surface area contributed by atoms with E-state index < -0.39 is 0 Å². The summed E-state index contributed by atoms with van der Waals surface area (Å²) in [6.45, 7) is 0. The first-order valence-electron chi connectivity index (χ1n) is 10.1. The first-order chi connectivity index (χ1) is 15.2. The molecule has 1 aliphatic carbocycles. The second kappa shape index (κ2) is 9.59. The van der Waals surface area contributed by atoms with Crippen LogP contribution >= 0.6 is 0 Å². The van der Waals surface area contributed by atoms with Crippen molar-refractivity contribution in [1.82, 2.24) is 4.98 Å². The molecule has 0 radical (unpaired) electrons. The Labute approximate surface area is 181 Å². The van der Waals surface area contributed by atoms with E-state index in [4.69, 9.17) is 0 Å². The quantitative estimate of drug-likeness (QED) is 0.293. The van der Waals surface area contributed by atoms with Crippen LogP contribution in [-0.2, 0) is 0 Å². The molecule has 150 valence electrons. The third-order valence-corrected chi connectivity index (χ3v) is 4.92. The van der Waals surface area contributed by atoms with Gasteiger partial charge in [0, 0.05) is 22.9 Å². The average molecular weight is 403 g/mol. The fourth-order valence-corrected chi connectivity index (χ4v) is 3.30. The number of allylic oxidation sites excluding steroid dienone is 2. The molecule has 0 unspecified atom stereocenters. The van der Waals surface area contributed by atoms with Gasteiger partial charge in [0.2, 0.25) is 0 Å². The van der Waals surface area contributed by atoms with E-state index >= 15 is 0 Å². The number of aromatic nitrogens is 1. The molecule has 5 rings (SSSR count). The van der Waals surface area contributed by atoms with Gasteiger partial charge in [0.1, 0.15) is 0 Å². The smallest absolute Gasteiger partial charge is 0.185 e. The molecule has 4 aromatic rings. The van der Waals surface area contributed by atoms with E-state index in [2.05, 4.69) is 4.98 Å². The first-order valence-corrected chi connectivity index (χ1v) is 10.1. The second-order valence-corrected chi connectivity index (χ2v) is 7.12. The van der Waals surface area contributed by atoms with E-state index in [0.29, 0.717) is 6.42 Å². The average Bonchev–Trinajstić information content (AvgIpc) is 2.83. The lowest BCUT2D eigenvalue weighted by Gasteiger charge is -2.09. The van der Waals surface area contributed by atoms with Crippen LogP contribution in [0.4, 0.5) is 0 Å². The number of ketones is 2. The molecule has 3 nitrogen and oxygen atoms in total. The molecule has 0 aliphatic heterocycles. The topological polar surface area (TPSA) is 47.0 Å². The Morgan fingerprint density at radius 2 is 1.52 bits per heavy atom. The normalized spacial score (nSPS) is 12.3. The van der Waals surface area contributed by atoms with Crippen molar-refractivity contribution in [2.24, 2.45) is 0 Å². The van der Waals surface area contributed by atoms with Gasteiger partial charge < -0.3 is 0 Å². The number of Topliss-reactive ketones (excluding diaryl/α,β-unsaturated/α-hetero) is 1. The molecule has 0 atom stereocenters. The summed E-state index contributed by atoms with van der Waals surface area (Å²) in [6.07, 6.45) is 7.71. The van der Waals surface area contributed by atoms with E-state index in [0.717, 1.165) is 33.3 Å². The Morgan fingerprint density at radius 1 is 0.839 bits per heavy atom. The Kier molecular flexibility index (Phi) is 6.24. The van der Waals surface area contributed by atoms with Crippen LogP contribution in [0.2, 0.25) is 0 Å². The number of hydrogen-bond donors (Lipinski definition) is 0. The predicted molar refractivity (Wildman–Crippen MR) is 126 cm³/mol. The van der Waals surface area contributed by atoms with Gasteiger partial charge in [-0.05, 0) is 29.8 Å². The number of benzene rings is 3. The lowest BCUT2D eigenvalue weighted by atomic mass is 9.99. The lowest BCUT2D eigenvalue weighted by molar-refractivity contribution is 0.0993. The molecule has 31 heavy (non-hydrogen) atoms. The number of carbonyl (C=O) groups excluding carboxylic acids is 2. The van der Waals surface area contributed by atoms with E-state index in [9.17, 15) is 9.59 Å². The summed E-state index contributed by atoms with van der Waals surface area (Å²) in [5.41, 5.74) is 4.23. The molecule has 0 saturated carbocycles. The molecule has 1 aliphatic rings. The zero-order valence-corrected chi connectivity index (χ0v) is 16.9. The van der Waals surface area contributed by atoms with Crippen LogP contribution in [-0.4, -0.2) is 16.6 Å². The molecule has 0 fully saturated rings. The monoisotopic (exact) mass is 403 g/mol. The number of para-hydroxylation sites is 1. The van der Waals surface area contributed by atoms with Crippen LogP contribution in [0.3, 0.4) is 0 Å². The van der Waals surface area contributed by atoms with Crippen molar-refractivity contribution in [3.8, 4) is 0 Å². The fraction of sp³-hybridized carbons (Fsp3) is 0.0357. The zero-order valence-electron chi connectivity index (χ0n) is 16.9. The summed E-state index contributed by atoms with van der Waals surface area (Å²) in [4.78, 5) is 27.8. The van der Waals surface area contributed by atoms with Gasteiger partial charge in [-0.25, -0.2) is 4.98 Å². The van der Waals surface area contributed by atoms with Crippen molar-refractivity contribution in [3.05, 3.63) is 126 Å². The van der Waals surface area contributed by atoms with Gasteiger partial charge in [-0.1, -0.05) is 91.0 Å². The maximum atomic E-state index is 11.7. The van der Waals surface area contributed by atoms with Crippen LogP contribution in [0, 0.1) is 0 Å². The van der Waals surface area contributed by atoms with Gasteiger partial charge in [-0.15, -0.1) is 0 Å². The minimum absolute atomic E-state index is 0.0319. The van der Waals surface area contributed by atoms with Gasteiger partial charge in [0.05, 0.1) is 11.2 Å². The highest BCUT2D eigenvalue weighted by atomic mass is 16.1. The Balaban J connectivity index is 0.000000149. The Hall–Kier alpha value is -4.11. The minimum atomic E-state index is 0.0319. The highest BCUT2D eigenvalue weighted by Crippen LogP contribution is 2.22. The van der Waals surface area contributed by atoms with Gasteiger partial charge in [-0.2, -0.15) is 0 Å². The SMILES string of the molecule is O=C(C=Cc1ccccc1)c1ccccc1.O=C1CC=Cc2nc3ccccc3cc21. The molecule has 1 aromatic heterocycles. The number of nitrogens with zero attached hydrogens (tertiary/aromatic N) is 1. The van der Waals surface area contributed by atoms with Crippen LogP contribution in [0.5, 0.6) is 0 Å². The molecule has 3 heteroatoms. The molecular weight excluding hydrogens is 382 g/mol. The van der Waals surface area contributed by atoms with Crippen molar-refractivity contribution in [1.29, 1.82) is 0 Å². The Morgan fingerprint density at radius 3 is 2.29 bits per heavy atom. The molecule has 1 heterocycles. The van der Waals surface area contributed by atoms with E-state index in [1.54, 1.807) is 6.08 Å². The number of pyridine rings is 1. The summed E-state index contributed by atoms with van der Waals surface area (Å²) < 4.78 is 0. The summed E-state index contributed by atoms with van der Waals surface area (Å²) >= 11 is 0. The molecule has 0 N–H and O–H groups in total. The van der Waals surface area contributed by atoms with Crippen LogP contribution < -0.4 is 0 Å². The minimum Gasteiger partial charge on any atom is -0.294 e. The molecular formula is C28H21NO2. The predicted octanol–water partition coefficient (Wildman–Crippen LogP) is 6.42. The van der Waals surface area contributed by atoms with Crippen LogP contribution in [0.15, 0.2) is 103 Å². The summed E-state index contributed by atoms with van der Waals surface area (Å²) in [7, 11) is 0. The number of rotatable bonds is 3.